The fraction of sp³-hybridized carbons (Fsp3) is 0.769. The molecular formula is C13H22ClN5O. The lowest BCUT2D eigenvalue weighted by Crippen LogP contribution is -2.38. The molecule has 1 fully saturated rings. The standard InChI is InChI=1S/C13H22ClN5O/c1-4-5-10(2)18(3)12-15-11(14)16-13(17-12)19-6-8-20-9-7-19/h10H,4-9H2,1-3H3. The van der Waals surface area contributed by atoms with Gasteiger partial charge < -0.3 is 14.5 Å². The maximum Gasteiger partial charge on any atom is 0.231 e. The highest BCUT2D eigenvalue weighted by Crippen LogP contribution is 2.19. The molecule has 6 nitrogen and oxygen atoms in total. The maximum atomic E-state index is 6.05. The third-order valence-electron chi connectivity index (χ3n) is 3.56. The zero-order valence-corrected chi connectivity index (χ0v) is 13.1. The van der Waals surface area contributed by atoms with E-state index in [1.54, 1.807) is 0 Å². The molecule has 1 aromatic rings. The van der Waals surface area contributed by atoms with Crippen molar-refractivity contribution < 1.29 is 4.74 Å². The molecule has 0 bridgehead atoms. The highest BCUT2D eigenvalue weighted by molar-refractivity contribution is 6.28. The van der Waals surface area contributed by atoms with Crippen LogP contribution in [0.5, 0.6) is 0 Å². The van der Waals surface area contributed by atoms with Gasteiger partial charge in [0, 0.05) is 26.2 Å². The van der Waals surface area contributed by atoms with Gasteiger partial charge in [0.2, 0.25) is 17.2 Å². The number of anilines is 2. The topological polar surface area (TPSA) is 54.4 Å². The molecule has 1 aromatic heterocycles. The second-order valence-electron chi connectivity index (χ2n) is 5.05. The van der Waals surface area contributed by atoms with Gasteiger partial charge in [0.25, 0.3) is 0 Å². The number of hydrogen-bond donors (Lipinski definition) is 0. The molecule has 7 heteroatoms. The number of hydrogen-bond acceptors (Lipinski definition) is 6. The smallest absolute Gasteiger partial charge is 0.231 e. The summed E-state index contributed by atoms with van der Waals surface area (Å²) in [5.41, 5.74) is 0. The van der Waals surface area contributed by atoms with Crippen molar-refractivity contribution in [2.75, 3.05) is 43.2 Å². The van der Waals surface area contributed by atoms with Gasteiger partial charge in [-0.2, -0.15) is 15.0 Å². The van der Waals surface area contributed by atoms with Crippen LogP contribution in [0.25, 0.3) is 0 Å². The minimum atomic E-state index is 0.243. The van der Waals surface area contributed by atoms with Crippen molar-refractivity contribution in [2.24, 2.45) is 0 Å². The van der Waals surface area contributed by atoms with Crippen LogP contribution in [0, 0.1) is 0 Å². The quantitative estimate of drug-likeness (QED) is 0.829. The lowest BCUT2D eigenvalue weighted by atomic mass is 10.2. The largest absolute Gasteiger partial charge is 0.378 e. The summed E-state index contributed by atoms with van der Waals surface area (Å²) in [6, 6.07) is 0.371. The van der Waals surface area contributed by atoms with E-state index in [1.807, 2.05) is 7.05 Å². The Morgan fingerprint density at radius 3 is 2.65 bits per heavy atom. The van der Waals surface area contributed by atoms with Gasteiger partial charge in [0.05, 0.1) is 13.2 Å². The summed E-state index contributed by atoms with van der Waals surface area (Å²) in [5.74, 6) is 1.27. The second kappa shape index (κ2) is 7.04. The van der Waals surface area contributed by atoms with Crippen LogP contribution < -0.4 is 9.80 Å². The van der Waals surface area contributed by atoms with Gasteiger partial charge in [-0.15, -0.1) is 0 Å². The molecule has 0 N–H and O–H groups in total. The van der Waals surface area contributed by atoms with E-state index in [-0.39, 0.29) is 5.28 Å². The van der Waals surface area contributed by atoms with Crippen LogP contribution in [0.1, 0.15) is 26.7 Å². The molecule has 0 aromatic carbocycles. The van der Waals surface area contributed by atoms with E-state index >= 15 is 0 Å². The number of rotatable bonds is 5. The Morgan fingerprint density at radius 2 is 2.00 bits per heavy atom. The Hall–Kier alpha value is -1.14. The van der Waals surface area contributed by atoms with Crippen molar-refractivity contribution in [3.63, 3.8) is 0 Å². The zero-order valence-electron chi connectivity index (χ0n) is 12.3. The first kappa shape index (κ1) is 15.3. The van der Waals surface area contributed by atoms with E-state index < -0.39 is 0 Å². The van der Waals surface area contributed by atoms with Crippen molar-refractivity contribution in [1.82, 2.24) is 15.0 Å². The summed E-state index contributed by atoms with van der Waals surface area (Å²) in [4.78, 5) is 17.2. The fourth-order valence-corrected chi connectivity index (χ4v) is 2.35. The summed E-state index contributed by atoms with van der Waals surface area (Å²) in [7, 11) is 2.00. The van der Waals surface area contributed by atoms with Crippen LogP contribution in [-0.4, -0.2) is 54.3 Å². The number of ether oxygens (including phenoxy) is 1. The molecule has 0 radical (unpaired) electrons. The fourth-order valence-electron chi connectivity index (χ4n) is 2.20. The Kier molecular flexibility index (Phi) is 5.37. The van der Waals surface area contributed by atoms with Gasteiger partial charge in [-0.1, -0.05) is 13.3 Å². The molecular weight excluding hydrogens is 278 g/mol. The Morgan fingerprint density at radius 1 is 1.30 bits per heavy atom. The molecule has 2 rings (SSSR count). The van der Waals surface area contributed by atoms with Gasteiger partial charge >= 0.3 is 0 Å². The lowest BCUT2D eigenvalue weighted by Gasteiger charge is -2.29. The lowest BCUT2D eigenvalue weighted by molar-refractivity contribution is 0.122. The first-order valence-corrected chi connectivity index (χ1v) is 7.46. The average Bonchev–Trinajstić information content (AvgIpc) is 2.47. The molecule has 1 aliphatic heterocycles. The third-order valence-corrected chi connectivity index (χ3v) is 3.73. The highest BCUT2D eigenvalue weighted by atomic mass is 35.5. The molecule has 1 aliphatic rings. The van der Waals surface area contributed by atoms with Gasteiger partial charge in [0.15, 0.2) is 0 Å². The molecule has 0 saturated carbocycles. The van der Waals surface area contributed by atoms with Crippen molar-refractivity contribution in [2.45, 2.75) is 32.7 Å². The van der Waals surface area contributed by atoms with Gasteiger partial charge in [0.1, 0.15) is 0 Å². The van der Waals surface area contributed by atoms with E-state index in [9.17, 15) is 0 Å². The number of morpholine rings is 1. The monoisotopic (exact) mass is 299 g/mol. The molecule has 112 valence electrons. The van der Waals surface area contributed by atoms with E-state index in [0.29, 0.717) is 31.2 Å². The van der Waals surface area contributed by atoms with Gasteiger partial charge in [-0.05, 0) is 24.9 Å². The van der Waals surface area contributed by atoms with Gasteiger partial charge in [-0.25, -0.2) is 0 Å². The van der Waals surface area contributed by atoms with E-state index in [4.69, 9.17) is 16.3 Å². The first-order chi connectivity index (χ1) is 9.61. The van der Waals surface area contributed by atoms with Gasteiger partial charge in [-0.3, -0.25) is 0 Å². The van der Waals surface area contributed by atoms with Crippen molar-refractivity contribution >= 4 is 23.5 Å². The van der Waals surface area contributed by atoms with E-state index in [2.05, 4.69) is 38.6 Å². The number of halogens is 1. The van der Waals surface area contributed by atoms with Crippen molar-refractivity contribution in [3.8, 4) is 0 Å². The predicted molar refractivity (Wildman–Crippen MR) is 80.6 cm³/mol. The van der Waals surface area contributed by atoms with Crippen molar-refractivity contribution in [3.05, 3.63) is 5.28 Å². The van der Waals surface area contributed by atoms with Crippen LogP contribution in [-0.2, 0) is 4.74 Å². The van der Waals surface area contributed by atoms with Crippen LogP contribution in [0.2, 0.25) is 5.28 Å². The normalized spacial score (nSPS) is 17.1. The van der Waals surface area contributed by atoms with E-state index in [0.717, 1.165) is 25.9 Å². The molecule has 1 atom stereocenters. The molecule has 20 heavy (non-hydrogen) atoms. The van der Waals surface area contributed by atoms with Crippen molar-refractivity contribution in [1.29, 1.82) is 0 Å². The predicted octanol–water partition coefficient (Wildman–Crippen LogP) is 1.99. The number of aromatic nitrogens is 3. The summed E-state index contributed by atoms with van der Waals surface area (Å²) >= 11 is 6.05. The summed E-state index contributed by atoms with van der Waals surface area (Å²) in [6.07, 6.45) is 2.22. The summed E-state index contributed by atoms with van der Waals surface area (Å²) in [6.45, 7) is 7.29. The SMILES string of the molecule is CCCC(C)N(C)c1nc(Cl)nc(N2CCOCC2)n1. The third kappa shape index (κ3) is 3.70. The minimum absolute atomic E-state index is 0.243. The molecule has 0 amide bonds. The first-order valence-electron chi connectivity index (χ1n) is 7.09. The summed E-state index contributed by atoms with van der Waals surface area (Å²) in [5, 5.41) is 0.243. The second-order valence-corrected chi connectivity index (χ2v) is 5.39. The van der Waals surface area contributed by atoms with Crippen LogP contribution >= 0.6 is 11.6 Å². The minimum Gasteiger partial charge on any atom is -0.378 e. The van der Waals surface area contributed by atoms with Crippen LogP contribution in [0.4, 0.5) is 11.9 Å². The highest BCUT2D eigenvalue weighted by Gasteiger charge is 2.19. The van der Waals surface area contributed by atoms with Crippen LogP contribution in [0.3, 0.4) is 0 Å². The summed E-state index contributed by atoms with van der Waals surface area (Å²) < 4.78 is 5.34. The number of nitrogens with zero attached hydrogens (tertiary/aromatic N) is 5. The molecule has 1 unspecified atom stereocenters. The molecule has 0 spiro atoms. The maximum absolute atomic E-state index is 6.05. The van der Waals surface area contributed by atoms with E-state index in [1.165, 1.54) is 0 Å². The van der Waals surface area contributed by atoms with Crippen LogP contribution in [0.15, 0.2) is 0 Å². The Balaban J connectivity index is 2.19. The molecule has 1 saturated heterocycles. The zero-order chi connectivity index (χ0) is 14.5. The average molecular weight is 300 g/mol. The molecule has 0 aliphatic carbocycles. The Bertz CT molecular complexity index is 439. The Labute approximate surface area is 125 Å². The molecule has 2 heterocycles.